The lowest BCUT2D eigenvalue weighted by Gasteiger charge is -2.25. The largest absolute Gasteiger partial charge is 0.495 e. The van der Waals surface area contributed by atoms with Crippen molar-refractivity contribution in [2.24, 2.45) is 5.92 Å². The van der Waals surface area contributed by atoms with E-state index in [0.29, 0.717) is 22.9 Å². The highest BCUT2D eigenvalue weighted by Crippen LogP contribution is 2.22. The van der Waals surface area contributed by atoms with Gasteiger partial charge in [0.05, 0.1) is 12.8 Å². The Balaban J connectivity index is 2.83. The molecule has 0 radical (unpaired) electrons. The summed E-state index contributed by atoms with van der Waals surface area (Å²) in [5, 5.41) is 3.06. The van der Waals surface area contributed by atoms with Gasteiger partial charge in [-0.3, -0.25) is 4.79 Å². The summed E-state index contributed by atoms with van der Waals surface area (Å²) < 4.78 is 5.14. The molecular formula is C15H25N3O2. The topological polar surface area (TPSA) is 67.6 Å². The zero-order chi connectivity index (χ0) is 15.3. The molecule has 0 fully saturated rings. The summed E-state index contributed by atoms with van der Waals surface area (Å²) >= 11 is 0. The van der Waals surface area contributed by atoms with Crippen LogP contribution in [0, 0.1) is 5.92 Å². The van der Waals surface area contributed by atoms with Gasteiger partial charge in [0.25, 0.3) is 5.91 Å². The third-order valence-electron chi connectivity index (χ3n) is 3.18. The summed E-state index contributed by atoms with van der Waals surface area (Å²) in [6, 6.07) is 5.16. The Labute approximate surface area is 121 Å². The van der Waals surface area contributed by atoms with Crippen molar-refractivity contribution in [2.45, 2.75) is 19.9 Å². The number of hydrogen-bond acceptors (Lipinski definition) is 4. The molecule has 1 amide bonds. The molecule has 20 heavy (non-hydrogen) atoms. The first-order valence-corrected chi connectivity index (χ1v) is 6.74. The van der Waals surface area contributed by atoms with Crippen LogP contribution in [0.25, 0.3) is 0 Å². The van der Waals surface area contributed by atoms with Crippen LogP contribution < -0.4 is 15.8 Å². The van der Waals surface area contributed by atoms with Gasteiger partial charge in [-0.2, -0.15) is 0 Å². The van der Waals surface area contributed by atoms with Crippen LogP contribution >= 0.6 is 0 Å². The van der Waals surface area contributed by atoms with Crippen molar-refractivity contribution in [3.8, 4) is 5.75 Å². The monoisotopic (exact) mass is 279 g/mol. The zero-order valence-corrected chi connectivity index (χ0v) is 12.9. The number of carbonyl (C=O) groups is 1. The second-order valence-corrected chi connectivity index (χ2v) is 5.54. The molecular weight excluding hydrogens is 254 g/mol. The second-order valence-electron chi connectivity index (χ2n) is 5.54. The minimum Gasteiger partial charge on any atom is -0.495 e. The molecule has 0 aromatic heterocycles. The summed E-state index contributed by atoms with van der Waals surface area (Å²) in [4.78, 5) is 14.4. The first kappa shape index (κ1) is 16.3. The number of nitrogens with two attached hydrogens (primary N) is 1. The van der Waals surface area contributed by atoms with E-state index in [0.717, 1.165) is 6.54 Å². The molecule has 0 saturated heterocycles. The summed E-state index contributed by atoms with van der Waals surface area (Å²) in [5.74, 6) is 0.771. The van der Waals surface area contributed by atoms with Crippen molar-refractivity contribution in [1.82, 2.24) is 10.2 Å². The van der Waals surface area contributed by atoms with Crippen molar-refractivity contribution < 1.29 is 9.53 Å². The molecule has 112 valence electrons. The lowest BCUT2D eigenvalue weighted by Crippen LogP contribution is -2.45. The molecule has 0 heterocycles. The molecule has 0 aliphatic carbocycles. The highest BCUT2D eigenvalue weighted by atomic mass is 16.5. The number of nitrogens with one attached hydrogen (secondary N) is 1. The van der Waals surface area contributed by atoms with E-state index in [9.17, 15) is 4.79 Å². The molecule has 1 rings (SSSR count). The fraction of sp³-hybridized carbons (Fsp3) is 0.533. The highest BCUT2D eigenvalue weighted by Gasteiger charge is 2.18. The van der Waals surface area contributed by atoms with Crippen LogP contribution in [0.5, 0.6) is 5.75 Å². The van der Waals surface area contributed by atoms with Gasteiger partial charge in [0.15, 0.2) is 0 Å². The molecule has 1 atom stereocenters. The maximum atomic E-state index is 12.3. The molecule has 1 aromatic rings. The Morgan fingerprint density at radius 2 is 2.05 bits per heavy atom. The van der Waals surface area contributed by atoms with Gasteiger partial charge in [-0.15, -0.1) is 0 Å². The fourth-order valence-corrected chi connectivity index (χ4v) is 1.92. The van der Waals surface area contributed by atoms with E-state index in [1.807, 2.05) is 14.1 Å². The number of methoxy groups -OCH3 is 1. The van der Waals surface area contributed by atoms with Gasteiger partial charge in [0.2, 0.25) is 0 Å². The van der Waals surface area contributed by atoms with Gasteiger partial charge in [-0.05, 0) is 38.2 Å². The van der Waals surface area contributed by atoms with Crippen molar-refractivity contribution in [2.75, 3.05) is 33.5 Å². The molecule has 0 spiro atoms. The molecule has 1 unspecified atom stereocenters. The Bertz CT molecular complexity index is 458. The van der Waals surface area contributed by atoms with Crippen molar-refractivity contribution in [3.05, 3.63) is 23.8 Å². The maximum Gasteiger partial charge on any atom is 0.251 e. The summed E-state index contributed by atoms with van der Waals surface area (Å²) in [5.41, 5.74) is 6.83. The standard InChI is InChI=1S/C15H25N3O2/c1-10(2)13(9-18(3)4)17-15(19)11-6-7-12(16)14(8-11)20-5/h6-8,10,13H,9,16H2,1-5H3,(H,17,19). The van der Waals surface area contributed by atoms with Crippen LogP contribution in [0.1, 0.15) is 24.2 Å². The minimum absolute atomic E-state index is 0.0982. The average Bonchev–Trinajstić information content (AvgIpc) is 2.37. The van der Waals surface area contributed by atoms with Gasteiger partial charge in [0, 0.05) is 18.2 Å². The first-order valence-electron chi connectivity index (χ1n) is 6.74. The molecule has 5 heteroatoms. The van der Waals surface area contributed by atoms with E-state index < -0.39 is 0 Å². The van der Waals surface area contributed by atoms with E-state index in [4.69, 9.17) is 10.5 Å². The van der Waals surface area contributed by atoms with Crippen LogP contribution in [-0.4, -0.2) is 44.6 Å². The summed E-state index contributed by atoms with van der Waals surface area (Å²) in [6.07, 6.45) is 0. The second kappa shape index (κ2) is 7.14. The smallest absolute Gasteiger partial charge is 0.251 e. The molecule has 5 nitrogen and oxygen atoms in total. The number of hydrogen-bond donors (Lipinski definition) is 2. The predicted octanol–water partition coefficient (Wildman–Crippen LogP) is 1.59. The number of carbonyl (C=O) groups excluding carboxylic acids is 1. The van der Waals surface area contributed by atoms with Crippen LogP contribution in [0.3, 0.4) is 0 Å². The lowest BCUT2D eigenvalue weighted by molar-refractivity contribution is 0.0916. The third-order valence-corrected chi connectivity index (χ3v) is 3.18. The quantitative estimate of drug-likeness (QED) is 0.776. The Kier molecular flexibility index (Phi) is 5.82. The Morgan fingerprint density at radius 3 is 2.55 bits per heavy atom. The SMILES string of the molecule is COc1cc(C(=O)NC(CN(C)C)C(C)C)ccc1N. The van der Waals surface area contributed by atoms with Crippen LogP contribution in [0.4, 0.5) is 5.69 Å². The number of ether oxygens (including phenoxy) is 1. The van der Waals surface area contributed by atoms with Crippen molar-refractivity contribution in [1.29, 1.82) is 0 Å². The number of nitrogens with zero attached hydrogens (tertiary/aromatic N) is 1. The molecule has 3 N–H and O–H groups in total. The number of anilines is 1. The van der Waals surface area contributed by atoms with E-state index in [1.54, 1.807) is 18.2 Å². The maximum absolute atomic E-state index is 12.3. The fourth-order valence-electron chi connectivity index (χ4n) is 1.92. The van der Waals surface area contributed by atoms with Crippen molar-refractivity contribution >= 4 is 11.6 Å². The zero-order valence-electron chi connectivity index (χ0n) is 12.9. The summed E-state index contributed by atoms with van der Waals surface area (Å²) in [6.45, 7) is 4.99. The number of rotatable bonds is 6. The van der Waals surface area contributed by atoms with Crippen LogP contribution in [0.2, 0.25) is 0 Å². The average molecular weight is 279 g/mol. The number of amides is 1. The molecule has 0 bridgehead atoms. The van der Waals surface area contributed by atoms with Crippen LogP contribution in [0.15, 0.2) is 18.2 Å². The predicted molar refractivity (Wildman–Crippen MR) is 82.1 cm³/mol. The molecule has 0 saturated carbocycles. The van der Waals surface area contributed by atoms with E-state index in [1.165, 1.54) is 7.11 Å². The van der Waals surface area contributed by atoms with Gasteiger partial charge < -0.3 is 20.7 Å². The van der Waals surface area contributed by atoms with E-state index >= 15 is 0 Å². The van der Waals surface area contributed by atoms with Crippen LogP contribution in [-0.2, 0) is 0 Å². The molecule has 1 aromatic carbocycles. The third kappa shape index (κ3) is 4.42. The van der Waals surface area contributed by atoms with Gasteiger partial charge in [0.1, 0.15) is 5.75 Å². The Morgan fingerprint density at radius 1 is 1.40 bits per heavy atom. The number of benzene rings is 1. The minimum atomic E-state index is -0.108. The lowest BCUT2D eigenvalue weighted by atomic mass is 10.0. The van der Waals surface area contributed by atoms with Crippen molar-refractivity contribution in [3.63, 3.8) is 0 Å². The summed E-state index contributed by atoms with van der Waals surface area (Å²) in [7, 11) is 5.53. The van der Waals surface area contributed by atoms with Gasteiger partial charge in [-0.1, -0.05) is 13.8 Å². The first-order chi connectivity index (χ1) is 9.35. The number of nitrogen functional groups attached to an aromatic ring is 1. The van der Waals surface area contributed by atoms with E-state index in [-0.39, 0.29) is 11.9 Å². The number of likely N-dealkylation sites (N-methyl/N-ethyl adjacent to an activating group) is 1. The molecule has 0 aliphatic rings. The normalized spacial score (nSPS) is 12.6. The van der Waals surface area contributed by atoms with Gasteiger partial charge >= 0.3 is 0 Å². The Hall–Kier alpha value is -1.75. The molecule has 0 aliphatic heterocycles. The van der Waals surface area contributed by atoms with E-state index in [2.05, 4.69) is 24.1 Å². The van der Waals surface area contributed by atoms with Gasteiger partial charge in [-0.25, -0.2) is 0 Å². The highest BCUT2D eigenvalue weighted by molar-refractivity contribution is 5.95.